The molecule has 0 aliphatic carbocycles. The summed E-state index contributed by atoms with van der Waals surface area (Å²) in [6.45, 7) is 4.99. The molecular weight excluding hydrogens is 506 g/mol. The van der Waals surface area contributed by atoms with E-state index in [4.69, 9.17) is 9.84 Å². The second-order valence-electron chi connectivity index (χ2n) is 9.89. The standard InChI is InChI=1S/C29H31N9O2/c1-20-26(22-15-30-28-31-19-32-37(28)16-22)35-38(23-11-7-4-8-12-23)27(20)34-29(39)33-25-18-36(13-14-40-2)17-24(25)21-9-5-3-6-10-21/h3-12,15-16,19,24-25H,13-14,17-18H2,1-2H3,(H2,33,34,39)/t24-,25+/m0/s1. The molecule has 11 heteroatoms. The van der Waals surface area contributed by atoms with E-state index in [1.165, 1.54) is 11.9 Å². The number of urea groups is 1. The number of carbonyl (C=O) groups excluding carboxylic acids is 1. The molecule has 1 fully saturated rings. The maximum Gasteiger partial charge on any atom is 0.320 e. The van der Waals surface area contributed by atoms with E-state index in [-0.39, 0.29) is 18.0 Å². The van der Waals surface area contributed by atoms with Crippen LogP contribution in [0.15, 0.2) is 79.4 Å². The lowest BCUT2D eigenvalue weighted by molar-refractivity contribution is 0.159. The second-order valence-corrected chi connectivity index (χ2v) is 9.89. The molecule has 4 heterocycles. The number of hydrogen-bond acceptors (Lipinski definition) is 7. The van der Waals surface area contributed by atoms with Crippen molar-refractivity contribution in [2.75, 3.05) is 38.7 Å². The fraction of sp³-hybridized carbons (Fsp3) is 0.276. The molecule has 0 unspecified atom stereocenters. The van der Waals surface area contributed by atoms with Crippen LogP contribution in [-0.4, -0.2) is 79.7 Å². The Kier molecular flexibility index (Phi) is 7.21. The van der Waals surface area contributed by atoms with Gasteiger partial charge >= 0.3 is 6.03 Å². The summed E-state index contributed by atoms with van der Waals surface area (Å²) in [6, 6.07) is 19.7. The Hall–Kier alpha value is -4.61. The van der Waals surface area contributed by atoms with Crippen LogP contribution in [-0.2, 0) is 4.74 Å². The molecule has 11 nitrogen and oxygen atoms in total. The van der Waals surface area contributed by atoms with E-state index >= 15 is 0 Å². The number of ether oxygens (including phenoxy) is 1. The number of amides is 2. The van der Waals surface area contributed by atoms with Gasteiger partial charge in [-0.15, -0.1) is 0 Å². The van der Waals surface area contributed by atoms with Crippen molar-refractivity contribution in [3.63, 3.8) is 0 Å². The zero-order valence-corrected chi connectivity index (χ0v) is 22.4. The maximum absolute atomic E-state index is 13.5. The summed E-state index contributed by atoms with van der Waals surface area (Å²) in [4.78, 5) is 24.4. The number of benzene rings is 2. The van der Waals surface area contributed by atoms with E-state index < -0.39 is 0 Å². The van der Waals surface area contributed by atoms with E-state index in [0.717, 1.165) is 36.4 Å². The predicted molar refractivity (Wildman–Crippen MR) is 152 cm³/mol. The predicted octanol–water partition coefficient (Wildman–Crippen LogP) is 3.52. The molecule has 1 aliphatic rings. The summed E-state index contributed by atoms with van der Waals surface area (Å²) < 4.78 is 8.66. The fourth-order valence-electron chi connectivity index (χ4n) is 5.30. The maximum atomic E-state index is 13.5. The van der Waals surface area contributed by atoms with Crippen molar-refractivity contribution in [2.24, 2.45) is 0 Å². The van der Waals surface area contributed by atoms with Crippen LogP contribution in [0.5, 0.6) is 0 Å². The third-order valence-corrected chi connectivity index (χ3v) is 7.31. The average Bonchev–Trinajstić information content (AvgIpc) is 3.70. The summed E-state index contributed by atoms with van der Waals surface area (Å²) in [6.07, 6.45) is 5.01. The first-order valence-corrected chi connectivity index (χ1v) is 13.3. The topological polar surface area (TPSA) is 114 Å². The zero-order chi connectivity index (χ0) is 27.5. The molecule has 2 atom stereocenters. The van der Waals surface area contributed by atoms with Gasteiger partial charge in [0.05, 0.1) is 18.3 Å². The molecule has 2 amide bonds. The number of aromatic nitrogens is 6. The van der Waals surface area contributed by atoms with Crippen molar-refractivity contribution >= 4 is 17.6 Å². The average molecular weight is 538 g/mol. The second kappa shape index (κ2) is 11.2. The molecule has 5 aromatic rings. The number of hydrogen-bond donors (Lipinski definition) is 2. The van der Waals surface area contributed by atoms with Gasteiger partial charge in [0.25, 0.3) is 5.78 Å². The number of anilines is 1. The number of rotatable bonds is 8. The van der Waals surface area contributed by atoms with Gasteiger partial charge in [-0.3, -0.25) is 10.2 Å². The highest BCUT2D eigenvalue weighted by molar-refractivity contribution is 5.91. The fourth-order valence-corrected chi connectivity index (χ4v) is 5.30. The van der Waals surface area contributed by atoms with Gasteiger partial charge < -0.3 is 10.1 Å². The summed E-state index contributed by atoms with van der Waals surface area (Å²) in [5.41, 5.74) is 4.31. The largest absolute Gasteiger partial charge is 0.383 e. The summed E-state index contributed by atoms with van der Waals surface area (Å²) in [5, 5.41) is 15.4. The van der Waals surface area contributed by atoms with E-state index in [1.807, 2.05) is 61.7 Å². The summed E-state index contributed by atoms with van der Waals surface area (Å²) >= 11 is 0. The Morgan fingerprint density at radius 3 is 2.60 bits per heavy atom. The van der Waals surface area contributed by atoms with Crippen molar-refractivity contribution in [3.8, 4) is 16.9 Å². The van der Waals surface area contributed by atoms with Gasteiger partial charge in [-0.2, -0.15) is 15.2 Å². The SMILES string of the molecule is COCCN1C[C@@H](NC(=O)Nc2c(C)c(-c3cnc4ncnn4c3)nn2-c2ccccc2)[C@H](c2ccccc2)C1. The Morgan fingerprint density at radius 1 is 1.05 bits per heavy atom. The third kappa shape index (κ3) is 5.16. The highest BCUT2D eigenvalue weighted by atomic mass is 16.5. The Bertz CT molecular complexity index is 1600. The van der Waals surface area contributed by atoms with Gasteiger partial charge in [0.2, 0.25) is 0 Å². The van der Waals surface area contributed by atoms with E-state index in [9.17, 15) is 4.79 Å². The van der Waals surface area contributed by atoms with Crippen LogP contribution in [0.3, 0.4) is 0 Å². The first-order valence-electron chi connectivity index (χ1n) is 13.3. The Morgan fingerprint density at radius 2 is 1.82 bits per heavy atom. The van der Waals surface area contributed by atoms with Crippen molar-refractivity contribution in [1.29, 1.82) is 0 Å². The van der Waals surface area contributed by atoms with Gasteiger partial charge in [0.1, 0.15) is 17.8 Å². The Balaban J connectivity index is 1.29. The minimum Gasteiger partial charge on any atom is -0.383 e. The van der Waals surface area contributed by atoms with Crippen LogP contribution in [0.25, 0.3) is 22.7 Å². The molecule has 204 valence electrons. The van der Waals surface area contributed by atoms with Crippen molar-refractivity contribution < 1.29 is 9.53 Å². The van der Waals surface area contributed by atoms with E-state index in [1.54, 1.807) is 22.5 Å². The molecule has 0 spiro atoms. The number of nitrogens with one attached hydrogen (secondary N) is 2. The number of methoxy groups -OCH3 is 1. The lowest BCUT2D eigenvalue weighted by Gasteiger charge is -2.21. The molecule has 1 saturated heterocycles. The highest BCUT2D eigenvalue weighted by Gasteiger charge is 2.35. The van der Waals surface area contributed by atoms with Crippen LogP contribution in [0.1, 0.15) is 17.0 Å². The highest BCUT2D eigenvalue weighted by Crippen LogP contribution is 2.31. The first kappa shape index (κ1) is 25.7. The molecule has 2 N–H and O–H groups in total. The number of likely N-dealkylation sites (tertiary alicyclic amines) is 1. The number of carbonyl (C=O) groups is 1. The Labute approximate surface area is 231 Å². The number of nitrogens with zero attached hydrogens (tertiary/aromatic N) is 7. The van der Waals surface area contributed by atoms with E-state index in [0.29, 0.717) is 23.9 Å². The minimum atomic E-state index is -0.281. The normalized spacial score (nSPS) is 17.4. The molecule has 0 saturated carbocycles. The van der Waals surface area contributed by atoms with Gasteiger partial charge in [-0.05, 0) is 24.6 Å². The van der Waals surface area contributed by atoms with Gasteiger partial charge in [0, 0.05) is 56.2 Å². The van der Waals surface area contributed by atoms with Crippen molar-refractivity contribution in [2.45, 2.75) is 18.9 Å². The molecule has 0 radical (unpaired) electrons. The minimum absolute atomic E-state index is 0.0638. The number of para-hydroxylation sites is 1. The van der Waals surface area contributed by atoms with Crippen molar-refractivity contribution in [1.82, 2.24) is 39.6 Å². The smallest absolute Gasteiger partial charge is 0.320 e. The van der Waals surface area contributed by atoms with Crippen LogP contribution in [0, 0.1) is 6.92 Å². The molecule has 1 aliphatic heterocycles. The number of fused-ring (bicyclic) bond motifs is 1. The monoisotopic (exact) mass is 537 g/mol. The third-order valence-electron chi connectivity index (χ3n) is 7.31. The molecule has 0 bridgehead atoms. The quantitative estimate of drug-likeness (QED) is 0.311. The van der Waals surface area contributed by atoms with Gasteiger partial charge in [-0.1, -0.05) is 48.5 Å². The summed E-state index contributed by atoms with van der Waals surface area (Å²) in [5.74, 6) is 1.26. The molecule has 3 aromatic heterocycles. The van der Waals surface area contributed by atoms with Gasteiger partial charge in [-0.25, -0.2) is 19.0 Å². The van der Waals surface area contributed by atoms with Gasteiger partial charge in [0.15, 0.2) is 0 Å². The van der Waals surface area contributed by atoms with Crippen LogP contribution >= 0.6 is 0 Å². The zero-order valence-electron chi connectivity index (χ0n) is 22.4. The first-order chi connectivity index (χ1) is 19.6. The lowest BCUT2D eigenvalue weighted by Crippen LogP contribution is -2.42. The van der Waals surface area contributed by atoms with Crippen LogP contribution < -0.4 is 10.6 Å². The van der Waals surface area contributed by atoms with Crippen LogP contribution in [0.2, 0.25) is 0 Å². The van der Waals surface area contributed by atoms with E-state index in [2.05, 4.69) is 42.7 Å². The molecular formula is C29H31N9O2. The lowest BCUT2D eigenvalue weighted by atomic mass is 9.94. The van der Waals surface area contributed by atoms with Crippen molar-refractivity contribution in [3.05, 3.63) is 90.5 Å². The molecule has 6 rings (SSSR count). The summed E-state index contributed by atoms with van der Waals surface area (Å²) in [7, 11) is 1.71. The molecule has 2 aromatic carbocycles. The molecule has 40 heavy (non-hydrogen) atoms. The van der Waals surface area contributed by atoms with Crippen LogP contribution in [0.4, 0.5) is 10.6 Å².